The Balaban J connectivity index is 4.04. The van der Waals surface area contributed by atoms with Crippen LogP contribution in [0.15, 0.2) is 26.8 Å². The molecule has 1 aromatic rings. The Kier molecular flexibility index (Phi) is 3.55. The number of benzene rings is 1. The molecule has 1 radical (unpaired) electrons. The molecule has 0 atom stereocenters. The highest BCUT2D eigenvalue weighted by Gasteiger charge is 2.31. The third-order valence-corrected chi connectivity index (χ3v) is 4.61. The van der Waals surface area contributed by atoms with Gasteiger partial charge in [0.1, 0.15) is 14.7 Å². The SMILES string of the molecule is O=S(=O)(O)c1[c]ccc(S(=O)(=O)O)c1S(=O)(=O)O. The van der Waals surface area contributed by atoms with Crippen molar-refractivity contribution < 1.29 is 38.9 Å². The average molecular weight is 317 g/mol. The fraction of sp³-hybridized carbons (Fsp3) is 0. The van der Waals surface area contributed by atoms with Crippen LogP contribution in [-0.4, -0.2) is 38.9 Å². The summed E-state index contributed by atoms with van der Waals surface area (Å²) in [6.07, 6.45) is 0. The summed E-state index contributed by atoms with van der Waals surface area (Å²) in [6, 6.07) is 2.88. The monoisotopic (exact) mass is 317 g/mol. The van der Waals surface area contributed by atoms with Crippen molar-refractivity contribution in [2.24, 2.45) is 0 Å². The first-order valence-corrected chi connectivity index (χ1v) is 8.14. The molecule has 9 nitrogen and oxygen atoms in total. The summed E-state index contributed by atoms with van der Waals surface area (Å²) < 4.78 is 91.6. The molecule has 0 saturated carbocycles. The second-order valence-electron chi connectivity index (χ2n) is 2.93. The van der Waals surface area contributed by atoms with Gasteiger partial charge in [-0.1, -0.05) is 6.07 Å². The zero-order valence-corrected chi connectivity index (χ0v) is 10.6. The van der Waals surface area contributed by atoms with Gasteiger partial charge in [-0.05, 0) is 6.07 Å². The van der Waals surface area contributed by atoms with Crippen molar-refractivity contribution in [2.75, 3.05) is 0 Å². The molecule has 0 spiro atoms. The Morgan fingerprint density at radius 3 is 1.67 bits per heavy atom. The van der Waals surface area contributed by atoms with Crippen molar-refractivity contribution in [3.63, 3.8) is 0 Å². The molecule has 0 unspecified atom stereocenters. The van der Waals surface area contributed by atoms with Crippen molar-refractivity contribution in [1.29, 1.82) is 0 Å². The zero-order valence-electron chi connectivity index (χ0n) is 8.17. The summed E-state index contributed by atoms with van der Waals surface area (Å²) in [5, 5.41) is 0. The predicted molar refractivity (Wildman–Crippen MR) is 54.7 cm³/mol. The van der Waals surface area contributed by atoms with Gasteiger partial charge in [0.05, 0.1) is 0 Å². The third kappa shape index (κ3) is 3.04. The molecule has 0 saturated heterocycles. The summed E-state index contributed by atoms with van der Waals surface area (Å²) in [6.45, 7) is 0. The van der Waals surface area contributed by atoms with E-state index in [-0.39, 0.29) is 0 Å². The van der Waals surface area contributed by atoms with Crippen molar-refractivity contribution in [3.05, 3.63) is 18.2 Å². The molecule has 0 aliphatic heterocycles. The molecule has 1 aromatic carbocycles. The van der Waals surface area contributed by atoms with Gasteiger partial charge >= 0.3 is 0 Å². The molecule has 0 aromatic heterocycles. The number of hydrogen-bond acceptors (Lipinski definition) is 6. The largest absolute Gasteiger partial charge is 0.297 e. The van der Waals surface area contributed by atoms with Crippen molar-refractivity contribution in [2.45, 2.75) is 14.7 Å². The van der Waals surface area contributed by atoms with E-state index >= 15 is 0 Å². The number of rotatable bonds is 3. The lowest BCUT2D eigenvalue weighted by Gasteiger charge is -2.07. The Hall–Kier alpha value is -1.05. The first-order valence-electron chi connectivity index (χ1n) is 3.82. The Bertz CT molecular complexity index is 734. The minimum absolute atomic E-state index is 0.493. The summed E-state index contributed by atoms with van der Waals surface area (Å²) >= 11 is 0. The van der Waals surface area contributed by atoms with E-state index in [1.807, 2.05) is 0 Å². The average Bonchev–Trinajstić information content (AvgIpc) is 2.12. The highest BCUT2D eigenvalue weighted by Crippen LogP contribution is 2.27. The lowest BCUT2D eigenvalue weighted by Crippen LogP contribution is -2.14. The topological polar surface area (TPSA) is 163 Å². The maximum absolute atomic E-state index is 11.0. The molecule has 0 aliphatic rings. The second-order valence-corrected chi connectivity index (χ2v) is 7.03. The predicted octanol–water partition coefficient (Wildman–Crippen LogP) is -0.773. The first kappa shape index (κ1) is 15.0. The van der Waals surface area contributed by atoms with E-state index in [0.29, 0.717) is 12.1 Å². The van der Waals surface area contributed by atoms with Gasteiger partial charge in [-0.3, -0.25) is 13.7 Å². The molecule has 18 heavy (non-hydrogen) atoms. The maximum atomic E-state index is 11.0. The van der Waals surface area contributed by atoms with Gasteiger partial charge in [-0.15, -0.1) is 0 Å². The Morgan fingerprint density at radius 2 is 1.33 bits per heavy atom. The zero-order chi connectivity index (χ0) is 14.4. The smallest absolute Gasteiger partial charge is 0.282 e. The summed E-state index contributed by atoms with van der Waals surface area (Å²) in [5.41, 5.74) is 0. The third-order valence-electron chi connectivity index (χ3n) is 1.67. The quantitative estimate of drug-likeness (QED) is 0.607. The van der Waals surface area contributed by atoms with Gasteiger partial charge in [0.2, 0.25) is 0 Å². The molecular weight excluding hydrogens is 312 g/mol. The molecular formula is C6H5O9S3. The number of hydrogen-bond donors (Lipinski definition) is 3. The van der Waals surface area contributed by atoms with E-state index < -0.39 is 45.0 Å². The fourth-order valence-corrected chi connectivity index (χ4v) is 4.17. The summed E-state index contributed by atoms with van der Waals surface area (Å²) in [5.74, 6) is 0. The van der Waals surface area contributed by atoms with Crippen molar-refractivity contribution in [3.8, 4) is 0 Å². The van der Waals surface area contributed by atoms with E-state index in [2.05, 4.69) is 0 Å². The molecule has 12 heteroatoms. The maximum Gasteiger partial charge on any atom is 0.297 e. The van der Waals surface area contributed by atoms with Crippen LogP contribution >= 0.6 is 0 Å². The molecule has 0 heterocycles. The highest BCUT2D eigenvalue weighted by molar-refractivity contribution is 7.90. The summed E-state index contributed by atoms with van der Waals surface area (Å²) in [7, 11) is -15.6. The minimum atomic E-state index is -5.34. The van der Waals surface area contributed by atoms with E-state index in [4.69, 9.17) is 13.7 Å². The lowest BCUT2D eigenvalue weighted by molar-refractivity contribution is 0.455. The molecule has 0 fully saturated rings. The van der Waals surface area contributed by atoms with E-state index in [1.165, 1.54) is 0 Å². The Morgan fingerprint density at radius 1 is 0.833 bits per heavy atom. The van der Waals surface area contributed by atoms with Crippen LogP contribution in [0.25, 0.3) is 0 Å². The highest BCUT2D eigenvalue weighted by atomic mass is 32.2. The first-order chi connectivity index (χ1) is 7.85. The molecule has 101 valence electrons. The standard InChI is InChI=1S/C6H5O9S3/c7-16(8,9)4-2-1-3-5(17(10,11)12)6(4)18(13,14)15/h1-2H,(H,7,8,9)(H,10,11,12)(H,13,14,15). The lowest BCUT2D eigenvalue weighted by atomic mass is 10.4. The van der Waals surface area contributed by atoms with E-state index in [9.17, 15) is 25.3 Å². The molecule has 1 rings (SSSR count). The van der Waals surface area contributed by atoms with Crippen LogP contribution in [0.1, 0.15) is 0 Å². The van der Waals surface area contributed by atoms with Crippen LogP contribution in [0.5, 0.6) is 0 Å². The van der Waals surface area contributed by atoms with Crippen LogP contribution in [0.2, 0.25) is 0 Å². The van der Waals surface area contributed by atoms with E-state index in [1.54, 1.807) is 6.07 Å². The summed E-state index contributed by atoms with van der Waals surface area (Å²) in [4.78, 5) is -4.55. The van der Waals surface area contributed by atoms with Gasteiger partial charge in [0.15, 0.2) is 0 Å². The fourth-order valence-electron chi connectivity index (χ4n) is 1.09. The second kappa shape index (κ2) is 4.25. The molecule has 0 bridgehead atoms. The van der Waals surface area contributed by atoms with Crippen LogP contribution in [0, 0.1) is 6.07 Å². The van der Waals surface area contributed by atoms with Crippen LogP contribution in [-0.2, 0) is 30.4 Å². The molecule has 0 aliphatic carbocycles. The normalized spacial score (nSPS) is 13.5. The van der Waals surface area contributed by atoms with Gasteiger partial charge in [0, 0.05) is 6.07 Å². The van der Waals surface area contributed by atoms with Gasteiger partial charge in [-0.2, -0.15) is 25.3 Å². The van der Waals surface area contributed by atoms with E-state index in [0.717, 1.165) is 0 Å². The van der Waals surface area contributed by atoms with Gasteiger partial charge < -0.3 is 0 Å². The molecule has 3 N–H and O–H groups in total. The Labute approximate surface area is 102 Å². The van der Waals surface area contributed by atoms with Crippen LogP contribution in [0.4, 0.5) is 0 Å². The van der Waals surface area contributed by atoms with Gasteiger partial charge in [-0.25, -0.2) is 0 Å². The van der Waals surface area contributed by atoms with Crippen molar-refractivity contribution >= 4 is 30.4 Å². The van der Waals surface area contributed by atoms with Crippen LogP contribution in [0.3, 0.4) is 0 Å². The molecule has 0 amide bonds. The minimum Gasteiger partial charge on any atom is -0.282 e. The van der Waals surface area contributed by atoms with Gasteiger partial charge in [0.25, 0.3) is 30.4 Å². The van der Waals surface area contributed by atoms with Crippen LogP contribution < -0.4 is 0 Å². The van der Waals surface area contributed by atoms with Crippen molar-refractivity contribution in [1.82, 2.24) is 0 Å².